The van der Waals surface area contributed by atoms with Gasteiger partial charge < -0.3 is 20.1 Å². The summed E-state index contributed by atoms with van der Waals surface area (Å²) in [5.74, 6) is -1.19. The lowest BCUT2D eigenvalue weighted by Gasteiger charge is -2.46. The normalized spacial score (nSPS) is 29.0. The Morgan fingerprint density at radius 1 is 1.12 bits per heavy atom. The summed E-state index contributed by atoms with van der Waals surface area (Å²) in [6.07, 6.45) is -0.152. The first-order valence-corrected chi connectivity index (χ1v) is 14.3. The third-order valence-electron chi connectivity index (χ3n) is 8.60. The number of carbonyl (C=O) groups excluding carboxylic acids is 1. The third kappa shape index (κ3) is 6.27. The Labute approximate surface area is 240 Å². The maximum absolute atomic E-state index is 14.3. The van der Waals surface area contributed by atoms with Crippen LogP contribution in [0.4, 0.5) is 32.4 Å². The van der Waals surface area contributed by atoms with Crippen LogP contribution in [0.15, 0.2) is 36.4 Å². The number of nitrogens with one attached hydrogen (secondary N) is 3. The monoisotopic (exact) mass is 601 g/mol. The van der Waals surface area contributed by atoms with Crippen LogP contribution < -0.4 is 20.7 Å². The summed E-state index contributed by atoms with van der Waals surface area (Å²) >= 11 is 5.81. The Kier molecular flexibility index (Phi) is 8.69. The first-order valence-electron chi connectivity index (χ1n) is 13.9. The van der Waals surface area contributed by atoms with Crippen LogP contribution in [0.25, 0.3) is 0 Å². The van der Waals surface area contributed by atoms with Gasteiger partial charge >= 0.3 is 12.2 Å². The summed E-state index contributed by atoms with van der Waals surface area (Å²) < 4.78 is 82.2. The largest absolute Gasteiger partial charge is 0.473 e. The van der Waals surface area contributed by atoms with Crippen LogP contribution in [0.2, 0.25) is 5.02 Å². The van der Waals surface area contributed by atoms with Gasteiger partial charge in [-0.15, -0.1) is 0 Å². The molecule has 2 heterocycles. The lowest BCUT2D eigenvalue weighted by Crippen LogP contribution is -2.63. The van der Waals surface area contributed by atoms with E-state index >= 15 is 0 Å². The highest BCUT2D eigenvalue weighted by Crippen LogP contribution is 2.53. The molecule has 5 unspecified atom stereocenters. The van der Waals surface area contributed by atoms with Crippen LogP contribution >= 0.6 is 11.6 Å². The number of carbonyl (C=O) groups is 1. The lowest BCUT2D eigenvalue weighted by molar-refractivity contribution is -0.334. The van der Waals surface area contributed by atoms with Crippen LogP contribution in [0.1, 0.15) is 57.4 Å². The molecule has 224 valence electrons. The highest BCUT2D eigenvalue weighted by molar-refractivity contribution is 6.30. The molecule has 0 radical (unpaired) electrons. The van der Waals surface area contributed by atoms with Gasteiger partial charge in [-0.3, -0.25) is 5.32 Å². The fraction of sp³-hybridized carbons (Fsp3) is 0.552. The van der Waals surface area contributed by atoms with E-state index in [1.807, 2.05) is 6.92 Å². The molecule has 5 rings (SSSR count). The van der Waals surface area contributed by atoms with Crippen molar-refractivity contribution >= 4 is 23.3 Å². The molecule has 0 aromatic heterocycles. The first-order chi connectivity index (χ1) is 19.5. The number of amides is 2. The van der Waals surface area contributed by atoms with Gasteiger partial charge in [-0.1, -0.05) is 43.7 Å². The highest BCUT2D eigenvalue weighted by Gasteiger charge is 2.63. The van der Waals surface area contributed by atoms with Crippen molar-refractivity contribution in [2.45, 2.75) is 82.0 Å². The molecule has 12 heteroatoms. The zero-order valence-corrected chi connectivity index (χ0v) is 23.3. The van der Waals surface area contributed by atoms with Gasteiger partial charge in [0.2, 0.25) is 0 Å². The Hall–Kier alpha value is -2.63. The predicted octanol–water partition coefficient (Wildman–Crippen LogP) is 7.27. The highest BCUT2D eigenvalue weighted by atomic mass is 35.5. The molecular formula is C29H33ClF5N3O3. The number of hydrogen-bond donors (Lipinski definition) is 3. The Balaban J connectivity index is 1.41. The van der Waals surface area contributed by atoms with Gasteiger partial charge in [0, 0.05) is 23.0 Å². The smallest absolute Gasteiger partial charge is 0.421 e. The zero-order valence-electron chi connectivity index (χ0n) is 22.5. The van der Waals surface area contributed by atoms with E-state index in [2.05, 4.69) is 16.0 Å². The van der Waals surface area contributed by atoms with E-state index in [-0.39, 0.29) is 41.4 Å². The van der Waals surface area contributed by atoms with Crippen LogP contribution in [-0.4, -0.2) is 37.1 Å². The van der Waals surface area contributed by atoms with E-state index < -0.39 is 47.3 Å². The summed E-state index contributed by atoms with van der Waals surface area (Å²) in [6, 6.07) is 5.32. The number of urea groups is 1. The molecule has 0 spiro atoms. The summed E-state index contributed by atoms with van der Waals surface area (Å²) in [6.45, 7) is 1.87. The van der Waals surface area contributed by atoms with E-state index in [1.165, 1.54) is 18.6 Å². The molecule has 2 saturated heterocycles. The molecule has 2 amide bonds. The minimum atomic E-state index is -4.79. The molecule has 5 atom stereocenters. The Morgan fingerprint density at radius 2 is 1.85 bits per heavy atom. The predicted molar refractivity (Wildman–Crippen MR) is 144 cm³/mol. The maximum Gasteiger partial charge on any atom is 0.421 e. The van der Waals surface area contributed by atoms with Crippen molar-refractivity contribution in [1.82, 2.24) is 10.6 Å². The maximum atomic E-state index is 14.3. The lowest BCUT2D eigenvalue weighted by atomic mass is 9.72. The van der Waals surface area contributed by atoms with E-state index in [9.17, 15) is 26.7 Å². The van der Waals surface area contributed by atoms with E-state index in [0.29, 0.717) is 12.3 Å². The molecule has 2 aliphatic heterocycles. The Morgan fingerprint density at radius 3 is 2.49 bits per heavy atom. The number of ether oxygens (including phenoxy) is 2. The molecule has 1 aliphatic carbocycles. The molecule has 1 saturated carbocycles. The molecule has 3 fully saturated rings. The number of halogens is 6. The molecule has 0 bridgehead atoms. The molecule has 2 aromatic rings. The van der Waals surface area contributed by atoms with Crippen LogP contribution in [0.3, 0.4) is 0 Å². The summed E-state index contributed by atoms with van der Waals surface area (Å²) in [5.41, 5.74) is -3.21. The van der Waals surface area contributed by atoms with Crippen LogP contribution in [0, 0.1) is 23.5 Å². The minimum absolute atomic E-state index is 0.0710. The second kappa shape index (κ2) is 11.9. The second-order valence-corrected chi connectivity index (χ2v) is 11.6. The van der Waals surface area contributed by atoms with Crippen molar-refractivity contribution < 1.29 is 36.2 Å². The topological polar surface area (TPSA) is 71.6 Å². The van der Waals surface area contributed by atoms with Gasteiger partial charge in [-0.2, -0.15) is 13.2 Å². The van der Waals surface area contributed by atoms with Crippen LogP contribution in [0.5, 0.6) is 5.75 Å². The van der Waals surface area contributed by atoms with Gasteiger partial charge in [0.1, 0.15) is 17.4 Å². The fourth-order valence-electron chi connectivity index (χ4n) is 6.40. The summed E-state index contributed by atoms with van der Waals surface area (Å²) in [7, 11) is 0. The number of anilines is 1. The molecule has 3 N–H and O–H groups in total. The number of hydrogen-bond acceptors (Lipinski definition) is 4. The second-order valence-electron chi connectivity index (χ2n) is 11.2. The van der Waals surface area contributed by atoms with Crippen molar-refractivity contribution in [2.75, 3.05) is 11.9 Å². The van der Waals surface area contributed by atoms with Gasteiger partial charge in [0.25, 0.3) is 0 Å². The van der Waals surface area contributed by atoms with Gasteiger partial charge in [-0.05, 0) is 61.6 Å². The molecule has 41 heavy (non-hydrogen) atoms. The fourth-order valence-corrected chi connectivity index (χ4v) is 6.56. The van der Waals surface area contributed by atoms with Gasteiger partial charge in [0.05, 0.1) is 18.3 Å². The molecular weight excluding hydrogens is 569 g/mol. The molecule has 3 aliphatic rings. The van der Waals surface area contributed by atoms with Crippen LogP contribution in [-0.2, 0) is 10.3 Å². The average molecular weight is 602 g/mol. The standard InChI is InChI=1S/C29H33ClF5N3O3/c1-16-20(17-5-3-2-4-6-17)15-24(38-27(39)37-23-9-7-18(30)13-22(23)32)26(36-16)41-25-10-8-19(31)14-21(25)28(11-12-40-28)29(33,34)35/h7-10,13-14,16-17,20,24,26,36H,2-6,11-12,15H2,1H3,(H2,37,38,39). The van der Waals surface area contributed by atoms with Gasteiger partial charge in [0.15, 0.2) is 11.8 Å². The van der Waals surface area contributed by atoms with Crippen molar-refractivity contribution in [3.63, 3.8) is 0 Å². The first kappa shape index (κ1) is 29.8. The van der Waals surface area contributed by atoms with E-state index in [4.69, 9.17) is 21.1 Å². The number of rotatable bonds is 6. The molecule has 2 aromatic carbocycles. The number of alkyl halides is 3. The SMILES string of the molecule is CC1NC(Oc2ccc(F)cc2C2(C(F)(F)F)CCO2)C(NC(=O)Nc2ccc(Cl)cc2F)CC1C1CCCCC1. The van der Waals surface area contributed by atoms with Crippen molar-refractivity contribution in [2.24, 2.45) is 11.8 Å². The third-order valence-corrected chi connectivity index (χ3v) is 8.84. The van der Waals surface area contributed by atoms with E-state index in [1.54, 1.807) is 0 Å². The average Bonchev–Trinajstić information content (AvgIpc) is 2.87. The Bertz CT molecular complexity index is 1250. The minimum Gasteiger partial charge on any atom is -0.473 e. The number of piperidine rings is 1. The van der Waals surface area contributed by atoms with Crippen molar-refractivity contribution in [1.29, 1.82) is 0 Å². The van der Waals surface area contributed by atoms with Crippen molar-refractivity contribution in [3.05, 3.63) is 58.6 Å². The van der Waals surface area contributed by atoms with Crippen molar-refractivity contribution in [3.8, 4) is 5.75 Å². The molecule has 6 nitrogen and oxygen atoms in total. The summed E-state index contributed by atoms with van der Waals surface area (Å²) in [4.78, 5) is 13.0. The summed E-state index contributed by atoms with van der Waals surface area (Å²) in [5, 5.41) is 8.82. The van der Waals surface area contributed by atoms with E-state index in [0.717, 1.165) is 49.9 Å². The van der Waals surface area contributed by atoms with Gasteiger partial charge in [-0.25, -0.2) is 13.6 Å². The zero-order chi connectivity index (χ0) is 29.4. The number of benzene rings is 2. The quantitative estimate of drug-likeness (QED) is 0.305.